The molecule has 2 N–H and O–H groups in total. The Morgan fingerprint density at radius 3 is 2.63 bits per heavy atom. The standard InChI is InChI=1S/C26H18ClF3N4O4/c1-12(31-19-5-6-22(27)32-23(19)25(36)37)16-8-15(26(28,29)30)9-17-20(35)10-21(38-24(16)17)13-3-4-18-14(7-13)11-34(2)33-18/h3-12,31H,1-2H3,(H,36,37)/t12-/m1/s1. The van der Waals surface area contributed by atoms with Gasteiger partial charge in [-0.05, 0) is 49.4 Å². The zero-order valence-electron chi connectivity index (χ0n) is 19.8. The number of fused-ring (bicyclic) bond motifs is 2. The minimum atomic E-state index is -4.74. The molecule has 5 aromatic rings. The van der Waals surface area contributed by atoms with Crippen LogP contribution in [0, 0.1) is 0 Å². The molecule has 8 nitrogen and oxygen atoms in total. The van der Waals surface area contributed by atoms with Crippen molar-refractivity contribution in [1.29, 1.82) is 0 Å². The number of carboxylic acids is 1. The molecule has 0 saturated carbocycles. The molecule has 0 spiro atoms. The van der Waals surface area contributed by atoms with Crippen LogP contribution < -0.4 is 10.7 Å². The van der Waals surface area contributed by atoms with Gasteiger partial charge in [-0.3, -0.25) is 9.48 Å². The van der Waals surface area contributed by atoms with Crippen LogP contribution in [0.4, 0.5) is 18.9 Å². The van der Waals surface area contributed by atoms with Crippen molar-refractivity contribution in [2.45, 2.75) is 19.1 Å². The number of nitrogens with zero attached hydrogens (tertiary/aromatic N) is 3. The van der Waals surface area contributed by atoms with Crippen LogP contribution in [0.2, 0.25) is 5.15 Å². The van der Waals surface area contributed by atoms with Crippen molar-refractivity contribution < 1.29 is 27.5 Å². The van der Waals surface area contributed by atoms with Gasteiger partial charge < -0.3 is 14.8 Å². The molecule has 0 saturated heterocycles. The number of alkyl halides is 3. The van der Waals surface area contributed by atoms with Crippen molar-refractivity contribution in [1.82, 2.24) is 14.8 Å². The molecule has 0 fully saturated rings. The molecule has 38 heavy (non-hydrogen) atoms. The van der Waals surface area contributed by atoms with Gasteiger partial charge in [0.2, 0.25) is 0 Å². The minimum absolute atomic E-state index is 0.00233. The Morgan fingerprint density at radius 1 is 1.16 bits per heavy atom. The number of benzene rings is 2. The van der Waals surface area contributed by atoms with Gasteiger partial charge in [0.1, 0.15) is 16.5 Å². The first-order valence-electron chi connectivity index (χ1n) is 11.2. The zero-order chi connectivity index (χ0) is 27.4. The topological polar surface area (TPSA) is 110 Å². The van der Waals surface area contributed by atoms with E-state index in [1.54, 1.807) is 36.1 Å². The van der Waals surface area contributed by atoms with Crippen LogP contribution in [0.15, 0.2) is 63.9 Å². The molecule has 0 aliphatic carbocycles. The Hall–Kier alpha value is -4.38. The van der Waals surface area contributed by atoms with E-state index >= 15 is 0 Å². The van der Waals surface area contributed by atoms with Gasteiger partial charge >= 0.3 is 12.1 Å². The van der Waals surface area contributed by atoms with E-state index in [4.69, 9.17) is 16.0 Å². The lowest BCUT2D eigenvalue weighted by Crippen LogP contribution is -2.15. The maximum atomic E-state index is 13.8. The van der Waals surface area contributed by atoms with Gasteiger partial charge in [-0.25, -0.2) is 9.78 Å². The SMILES string of the molecule is C[C@@H](Nc1ccc(Cl)nc1C(=O)O)c1cc(C(F)(F)F)cc2c(=O)cc(-c3ccc4nn(C)cc4c3)oc12. The number of carboxylic acid groups (broad SMARTS) is 1. The van der Waals surface area contributed by atoms with Crippen molar-refractivity contribution in [2.75, 3.05) is 5.32 Å². The summed E-state index contributed by atoms with van der Waals surface area (Å²) in [6.07, 6.45) is -2.96. The first-order chi connectivity index (χ1) is 17.9. The molecular weight excluding hydrogens is 525 g/mol. The largest absolute Gasteiger partial charge is 0.476 e. The molecule has 0 bridgehead atoms. The molecule has 3 aromatic heterocycles. The van der Waals surface area contributed by atoms with E-state index < -0.39 is 34.9 Å². The Bertz CT molecular complexity index is 1800. The highest BCUT2D eigenvalue weighted by atomic mass is 35.5. The summed E-state index contributed by atoms with van der Waals surface area (Å²) in [5, 5.41) is 17.1. The predicted octanol–water partition coefficient (Wildman–Crippen LogP) is 6.29. The highest BCUT2D eigenvalue weighted by molar-refractivity contribution is 6.29. The second-order valence-corrected chi connectivity index (χ2v) is 9.08. The number of aryl methyl sites for hydroxylation is 1. The van der Waals surface area contributed by atoms with Gasteiger partial charge in [-0.1, -0.05) is 11.6 Å². The average molecular weight is 543 g/mol. The lowest BCUT2D eigenvalue weighted by molar-refractivity contribution is -0.137. The minimum Gasteiger partial charge on any atom is -0.476 e. The number of pyridine rings is 1. The van der Waals surface area contributed by atoms with Crippen LogP contribution in [0.3, 0.4) is 0 Å². The summed E-state index contributed by atoms with van der Waals surface area (Å²) < 4.78 is 49.0. The van der Waals surface area contributed by atoms with Gasteiger partial charge in [0.05, 0.1) is 28.2 Å². The molecule has 12 heteroatoms. The molecule has 0 aliphatic rings. The molecule has 0 unspecified atom stereocenters. The summed E-state index contributed by atoms with van der Waals surface area (Å²) in [5.74, 6) is -1.23. The van der Waals surface area contributed by atoms with Crippen LogP contribution in [0.1, 0.15) is 34.6 Å². The van der Waals surface area contributed by atoms with E-state index in [0.717, 1.165) is 29.1 Å². The molecule has 3 heterocycles. The molecule has 1 atom stereocenters. The number of aromatic nitrogens is 3. The molecular formula is C26H18ClF3N4O4. The Kier molecular flexibility index (Phi) is 6.10. The summed E-state index contributed by atoms with van der Waals surface area (Å²) in [5.41, 5.74) is -0.893. The van der Waals surface area contributed by atoms with Crippen molar-refractivity contribution in [3.8, 4) is 11.3 Å². The number of aromatic carboxylic acids is 1. The van der Waals surface area contributed by atoms with E-state index in [9.17, 15) is 27.9 Å². The van der Waals surface area contributed by atoms with Crippen LogP contribution in [0.5, 0.6) is 0 Å². The van der Waals surface area contributed by atoms with Crippen molar-refractivity contribution >= 4 is 45.1 Å². The predicted molar refractivity (Wildman–Crippen MR) is 135 cm³/mol. The average Bonchev–Trinajstić information content (AvgIpc) is 3.23. The van der Waals surface area contributed by atoms with Crippen LogP contribution in [-0.4, -0.2) is 25.8 Å². The lowest BCUT2D eigenvalue weighted by Gasteiger charge is -2.20. The van der Waals surface area contributed by atoms with E-state index in [-0.39, 0.29) is 33.1 Å². The van der Waals surface area contributed by atoms with Crippen molar-refractivity contribution in [3.63, 3.8) is 0 Å². The fraction of sp³-hybridized carbons (Fsp3) is 0.154. The Balaban J connectivity index is 1.69. The number of anilines is 1. The first kappa shape index (κ1) is 25.3. The number of hydrogen-bond acceptors (Lipinski definition) is 6. The van der Waals surface area contributed by atoms with E-state index in [0.29, 0.717) is 5.56 Å². The fourth-order valence-corrected chi connectivity index (χ4v) is 4.39. The van der Waals surface area contributed by atoms with E-state index in [1.807, 2.05) is 0 Å². The highest BCUT2D eigenvalue weighted by Crippen LogP contribution is 2.37. The Morgan fingerprint density at radius 2 is 1.92 bits per heavy atom. The van der Waals surface area contributed by atoms with E-state index in [1.165, 1.54) is 19.1 Å². The van der Waals surface area contributed by atoms with Gasteiger partial charge in [0.25, 0.3) is 0 Å². The van der Waals surface area contributed by atoms with Gasteiger partial charge in [-0.15, -0.1) is 0 Å². The monoisotopic (exact) mass is 542 g/mol. The van der Waals surface area contributed by atoms with Crippen molar-refractivity contribution in [3.05, 3.63) is 86.9 Å². The molecule has 0 amide bonds. The zero-order valence-corrected chi connectivity index (χ0v) is 20.6. The van der Waals surface area contributed by atoms with Gasteiger partial charge in [0, 0.05) is 35.8 Å². The lowest BCUT2D eigenvalue weighted by atomic mass is 9.99. The third-order valence-corrected chi connectivity index (χ3v) is 6.20. The van der Waals surface area contributed by atoms with Crippen LogP contribution >= 0.6 is 11.6 Å². The number of rotatable bonds is 5. The molecule has 0 radical (unpaired) electrons. The number of nitrogens with one attached hydrogen (secondary N) is 1. The summed E-state index contributed by atoms with van der Waals surface area (Å²) in [7, 11) is 1.76. The molecule has 5 rings (SSSR count). The van der Waals surface area contributed by atoms with Crippen LogP contribution in [0.25, 0.3) is 33.2 Å². The smallest absolute Gasteiger partial charge is 0.416 e. The number of carbonyl (C=O) groups is 1. The first-order valence-corrected chi connectivity index (χ1v) is 11.6. The van der Waals surface area contributed by atoms with E-state index in [2.05, 4.69) is 15.4 Å². The van der Waals surface area contributed by atoms with Crippen LogP contribution in [-0.2, 0) is 13.2 Å². The maximum absolute atomic E-state index is 13.8. The molecule has 194 valence electrons. The second kappa shape index (κ2) is 9.18. The normalized spacial score (nSPS) is 12.7. The number of halogens is 4. The fourth-order valence-electron chi connectivity index (χ4n) is 4.24. The summed E-state index contributed by atoms with van der Waals surface area (Å²) in [6, 6.07) is 9.75. The number of hydrogen-bond donors (Lipinski definition) is 2. The summed E-state index contributed by atoms with van der Waals surface area (Å²) in [6.45, 7) is 1.52. The summed E-state index contributed by atoms with van der Waals surface area (Å²) in [4.78, 5) is 28.5. The molecule has 0 aliphatic heterocycles. The molecule has 2 aromatic carbocycles. The highest BCUT2D eigenvalue weighted by Gasteiger charge is 2.33. The van der Waals surface area contributed by atoms with Gasteiger partial charge in [0.15, 0.2) is 11.1 Å². The second-order valence-electron chi connectivity index (χ2n) is 8.69. The quantitative estimate of drug-likeness (QED) is 0.251. The Labute approximate surface area is 217 Å². The van der Waals surface area contributed by atoms with Crippen molar-refractivity contribution in [2.24, 2.45) is 7.05 Å². The third-order valence-electron chi connectivity index (χ3n) is 5.99. The van der Waals surface area contributed by atoms with Gasteiger partial charge in [-0.2, -0.15) is 18.3 Å². The maximum Gasteiger partial charge on any atom is 0.416 e. The third kappa shape index (κ3) is 4.68. The summed E-state index contributed by atoms with van der Waals surface area (Å²) >= 11 is 5.81.